The van der Waals surface area contributed by atoms with E-state index in [0.717, 1.165) is 5.56 Å². The lowest BCUT2D eigenvalue weighted by Crippen LogP contribution is -2.21. The molecule has 0 atom stereocenters. The van der Waals surface area contributed by atoms with E-state index in [1.54, 1.807) is 24.3 Å². The molecule has 0 spiro atoms. The van der Waals surface area contributed by atoms with E-state index in [2.05, 4.69) is 31.8 Å². The van der Waals surface area contributed by atoms with Gasteiger partial charge in [0.2, 0.25) is 11.8 Å². The molecule has 0 unspecified atom stereocenters. The Hall–Kier alpha value is -3.43. The number of ether oxygens (including phenoxy) is 2. The number of hydrogen-bond acceptors (Lipinski definition) is 5. The summed E-state index contributed by atoms with van der Waals surface area (Å²) >= 11 is 9.71. The molecule has 188 valence electrons. The van der Waals surface area contributed by atoms with Crippen LogP contribution < -0.4 is 20.2 Å². The first-order valence-corrected chi connectivity index (χ1v) is 12.2. The van der Waals surface area contributed by atoms with E-state index in [1.165, 1.54) is 24.4 Å². The molecule has 0 aliphatic carbocycles. The van der Waals surface area contributed by atoms with Gasteiger partial charge in [-0.1, -0.05) is 41.9 Å². The quantitative estimate of drug-likeness (QED) is 0.214. The SMILES string of the molecule is CCOc1cc(C=NNC(=O)CCC(=O)Nc2ccccc2F)cc(Br)c1OCc1ccccc1Cl. The van der Waals surface area contributed by atoms with Crippen molar-refractivity contribution in [2.45, 2.75) is 26.4 Å². The summed E-state index contributed by atoms with van der Waals surface area (Å²) in [6, 6.07) is 16.7. The van der Waals surface area contributed by atoms with Crippen LogP contribution in [0.3, 0.4) is 0 Å². The van der Waals surface area contributed by atoms with Gasteiger partial charge in [0, 0.05) is 23.4 Å². The summed E-state index contributed by atoms with van der Waals surface area (Å²) in [7, 11) is 0. The monoisotopic (exact) mass is 575 g/mol. The number of amides is 2. The summed E-state index contributed by atoms with van der Waals surface area (Å²) in [5.74, 6) is -0.469. The molecule has 10 heteroatoms. The molecule has 3 aromatic carbocycles. The predicted octanol–water partition coefficient (Wildman–Crippen LogP) is 6.09. The van der Waals surface area contributed by atoms with Crippen LogP contribution in [0.25, 0.3) is 0 Å². The summed E-state index contributed by atoms with van der Waals surface area (Å²) in [6.45, 7) is 2.53. The van der Waals surface area contributed by atoms with Gasteiger partial charge in [-0.2, -0.15) is 5.10 Å². The fraction of sp³-hybridized carbons (Fsp3) is 0.192. The Labute approximate surface area is 221 Å². The molecule has 0 saturated carbocycles. The topological polar surface area (TPSA) is 89.0 Å². The van der Waals surface area contributed by atoms with Crippen LogP contribution in [0.1, 0.15) is 30.9 Å². The Morgan fingerprint density at radius 1 is 1.06 bits per heavy atom. The largest absolute Gasteiger partial charge is 0.490 e. The van der Waals surface area contributed by atoms with Gasteiger partial charge in [-0.05, 0) is 58.7 Å². The number of halogens is 3. The summed E-state index contributed by atoms with van der Waals surface area (Å²) in [5, 5.41) is 6.98. The average Bonchev–Trinajstić information content (AvgIpc) is 2.85. The Morgan fingerprint density at radius 3 is 2.53 bits per heavy atom. The van der Waals surface area contributed by atoms with Crippen molar-refractivity contribution >= 4 is 51.2 Å². The minimum atomic E-state index is -0.544. The summed E-state index contributed by atoms with van der Waals surface area (Å²) in [5.41, 5.74) is 3.92. The first-order chi connectivity index (χ1) is 17.4. The molecular formula is C26H24BrClFN3O4. The van der Waals surface area contributed by atoms with Gasteiger partial charge in [0.15, 0.2) is 11.5 Å². The van der Waals surface area contributed by atoms with Crippen LogP contribution in [0, 0.1) is 5.82 Å². The smallest absolute Gasteiger partial charge is 0.240 e. The third kappa shape index (κ3) is 8.07. The molecule has 0 aromatic heterocycles. The Balaban J connectivity index is 1.56. The van der Waals surface area contributed by atoms with E-state index in [4.69, 9.17) is 21.1 Å². The van der Waals surface area contributed by atoms with Crippen LogP contribution >= 0.6 is 27.5 Å². The second kappa shape index (κ2) is 13.6. The van der Waals surface area contributed by atoms with E-state index >= 15 is 0 Å². The number of carbonyl (C=O) groups excluding carboxylic acids is 2. The van der Waals surface area contributed by atoms with Crippen molar-refractivity contribution in [1.29, 1.82) is 0 Å². The highest BCUT2D eigenvalue weighted by atomic mass is 79.9. The number of nitrogens with zero attached hydrogens (tertiary/aromatic N) is 1. The zero-order valence-corrected chi connectivity index (χ0v) is 21.7. The van der Waals surface area contributed by atoms with Gasteiger partial charge in [-0.25, -0.2) is 9.82 Å². The highest BCUT2D eigenvalue weighted by Crippen LogP contribution is 2.37. The maximum atomic E-state index is 13.6. The molecule has 7 nitrogen and oxygen atoms in total. The molecular weight excluding hydrogens is 553 g/mol. The molecule has 0 aliphatic rings. The number of hydrogen-bond donors (Lipinski definition) is 2. The molecule has 0 heterocycles. The first kappa shape index (κ1) is 27.2. The number of carbonyl (C=O) groups is 2. The second-order valence-electron chi connectivity index (χ2n) is 7.46. The van der Waals surface area contributed by atoms with Crippen LogP contribution in [-0.4, -0.2) is 24.6 Å². The van der Waals surface area contributed by atoms with Crippen molar-refractivity contribution < 1.29 is 23.5 Å². The van der Waals surface area contributed by atoms with Crippen molar-refractivity contribution in [2.24, 2.45) is 5.10 Å². The molecule has 0 aliphatic heterocycles. The minimum absolute atomic E-state index is 0.0656. The normalized spacial score (nSPS) is 10.8. The van der Waals surface area contributed by atoms with Gasteiger partial charge in [0.1, 0.15) is 12.4 Å². The van der Waals surface area contributed by atoms with Gasteiger partial charge in [-0.3, -0.25) is 9.59 Å². The van der Waals surface area contributed by atoms with E-state index < -0.39 is 17.6 Å². The van der Waals surface area contributed by atoms with E-state index in [1.807, 2.05) is 25.1 Å². The van der Waals surface area contributed by atoms with Crippen molar-refractivity contribution in [2.75, 3.05) is 11.9 Å². The van der Waals surface area contributed by atoms with Crippen molar-refractivity contribution in [1.82, 2.24) is 5.43 Å². The fourth-order valence-electron chi connectivity index (χ4n) is 3.07. The third-order valence-electron chi connectivity index (χ3n) is 4.79. The first-order valence-electron chi connectivity index (χ1n) is 11.1. The maximum absolute atomic E-state index is 13.6. The fourth-order valence-corrected chi connectivity index (χ4v) is 3.83. The molecule has 0 radical (unpaired) electrons. The van der Waals surface area contributed by atoms with Crippen molar-refractivity contribution in [3.8, 4) is 11.5 Å². The van der Waals surface area contributed by atoms with Gasteiger partial charge in [0.05, 0.1) is 23.0 Å². The summed E-state index contributed by atoms with van der Waals surface area (Å²) in [4.78, 5) is 24.0. The lowest BCUT2D eigenvalue weighted by molar-refractivity contribution is -0.124. The number of para-hydroxylation sites is 1. The Morgan fingerprint density at radius 2 is 1.78 bits per heavy atom. The van der Waals surface area contributed by atoms with E-state index in [-0.39, 0.29) is 25.1 Å². The van der Waals surface area contributed by atoms with Crippen molar-refractivity contribution in [3.05, 3.63) is 87.1 Å². The summed E-state index contributed by atoms with van der Waals surface area (Å²) in [6.07, 6.45) is 1.22. The number of benzene rings is 3. The van der Waals surface area contributed by atoms with Crippen LogP contribution in [0.2, 0.25) is 5.02 Å². The van der Waals surface area contributed by atoms with Gasteiger partial charge in [-0.15, -0.1) is 0 Å². The standard InChI is InChI=1S/C26H24BrClFN3O4/c1-2-35-23-14-17(13-19(27)26(23)36-16-18-7-3-4-8-20(18)28)15-30-32-25(34)12-11-24(33)31-22-10-6-5-9-21(22)29/h3-10,13-15H,2,11-12,16H2,1H3,(H,31,33)(H,32,34). The zero-order chi connectivity index (χ0) is 25.9. The molecule has 3 rings (SSSR count). The molecule has 0 bridgehead atoms. The molecule has 2 amide bonds. The average molecular weight is 577 g/mol. The Kier molecular flexibility index (Phi) is 10.3. The number of nitrogens with one attached hydrogen (secondary N) is 2. The van der Waals surface area contributed by atoms with E-state index in [9.17, 15) is 14.0 Å². The van der Waals surface area contributed by atoms with Crippen LogP contribution in [-0.2, 0) is 16.2 Å². The third-order valence-corrected chi connectivity index (χ3v) is 5.75. The maximum Gasteiger partial charge on any atom is 0.240 e. The second-order valence-corrected chi connectivity index (χ2v) is 8.73. The lowest BCUT2D eigenvalue weighted by atomic mass is 10.2. The number of anilines is 1. The Bertz CT molecular complexity index is 1260. The molecule has 36 heavy (non-hydrogen) atoms. The van der Waals surface area contributed by atoms with Crippen molar-refractivity contribution in [3.63, 3.8) is 0 Å². The van der Waals surface area contributed by atoms with E-state index in [0.29, 0.717) is 33.2 Å². The van der Waals surface area contributed by atoms with Gasteiger partial charge in [0.25, 0.3) is 0 Å². The van der Waals surface area contributed by atoms with Gasteiger partial charge >= 0.3 is 0 Å². The van der Waals surface area contributed by atoms with Gasteiger partial charge < -0.3 is 14.8 Å². The van der Waals surface area contributed by atoms with Crippen LogP contribution in [0.15, 0.2) is 70.2 Å². The molecule has 3 aromatic rings. The van der Waals surface area contributed by atoms with Crippen LogP contribution in [0.4, 0.5) is 10.1 Å². The predicted molar refractivity (Wildman–Crippen MR) is 141 cm³/mol. The molecule has 0 fully saturated rings. The lowest BCUT2D eigenvalue weighted by Gasteiger charge is -2.15. The highest BCUT2D eigenvalue weighted by molar-refractivity contribution is 9.10. The molecule has 2 N–H and O–H groups in total. The highest BCUT2D eigenvalue weighted by Gasteiger charge is 2.13. The zero-order valence-electron chi connectivity index (χ0n) is 19.4. The number of hydrazone groups is 1. The minimum Gasteiger partial charge on any atom is -0.490 e. The van der Waals surface area contributed by atoms with Crippen LogP contribution in [0.5, 0.6) is 11.5 Å². The number of rotatable bonds is 11. The summed E-state index contributed by atoms with van der Waals surface area (Å²) < 4.78 is 25.9. The molecule has 0 saturated heterocycles.